The quantitative estimate of drug-likeness (QED) is 0.708. The van der Waals surface area contributed by atoms with E-state index in [-0.39, 0.29) is 10.6 Å². The molecule has 0 N–H and O–H groups in total. The fraction of sp³-hybridized carbons (Fsp3) is 0.333. The van der Waals surface area contributed by atoms with Gasteiger partial charge in [-0.05, 0) is 24.1 Å². The highest BCUT2D eigenvalue weighted by Gasteiger charge is 2.51. The zero-order valence-corrected chi connectivity index (χ0v) is 16.9. The summed E-state index contributed by atoms with van der Waals surface area (Å²) in [5.41, 5.74) is 2.18. The molecule has 2 aromatic rings. The van der Waals surface area contributed by atoms with Crippen molar-refractivity contribution in [3.8, 4) is 11.6 Å². The number of carbonyl (C=O) groups is 1. The molecule has 1 amide bonds. The Balaban J connectivity index is 1.60. The van der Waals surface area contributed by atoms with Gasteiger partial charge in [-0.2, -0.15) is 0 Å². The van der Waals surface area contributed by atoms with E-state index in [0.29, 0.717) is 25.5 Å². The zero-order valence-electron chi connectivity index (χ0n) is 15.4. The molecular weight excluding hydrogens is 396 g/mol. The summed E-state index contributed by atoms with van der Waals surface area (Å²) in [5, 5.41) is 0. The third kappa shape index (κ3) is 2.70. The lowest BCUT2D eigenvalue weighted by Crippen LogP contribution is -2.46. The van der Waals surface area contributed by atoms with Gasteiger partial charge in [0.25, 0.3) is 0 Å². The third-order valence-electron chi connectivity index (χ3n) is 5.56. The maximum atomic E-state index is 13.3. The van der Waals surface area contributed by atoms with Crippen LogP contribution in [0.2, 0.25) is 0 Å². The van der Waals surface area contributed by atoms with Gasteiger partial charge in [-0.1, -0.05) is 24.3 Å². The highest BCUT2D eigenvalue weighted by atomic mass is 35.5. The van der Waals surface area contributed by atoms with E-state index in [1.807, 2.05) is 29.2 Å². The van der Waals surface area contributed by atoms with E-state index in [2.05, 4.69) is 17.1 Å². The number of thioether (sulfide) groups is 1. The predicted molar refractivity (Wildman–Crippen MR) is 110 cm³/mol. The number of methoxy groups -OCH3 is 1. The van der Waals surface area contributed by atoms with Gasteiger partial charge in [0, 0.05) is 23.1 Å². The molecule has 4 heterocycles. The van der Waals surface area contributed by atoms with Crippen LogP contribution in [0.15, 0.2) is 47.4 Å². The van der Waals surface area contributed by atoms with E-state index in [0.717, 1.165) is 34.0 Å². The van der Waals surface area contributed by atoms with Crippen molar-refractivity contribution < 1.29 is 14.3 Å². The molecule has 5 nitrogen and oxygen atoms in total. The molecule has 0 saturated carbocycles. The van der Waals surface area contributed by atoms with Crippen LogP contribution in [0.25, 0.3) is 0 Å². The summed E-state index contributed by atoms with van der Waals surface area (Å²) in [6, 6.07) is 11.7. The molecule has 28 heavy (non-hydrogen) atoms. The smallest absolute Gasteiger partial charge is 0.228 e. The maximum Gasteiger partial charge on any atom is 0.228 e. The first-order chi connectivity index (χ1) is 13.6. The summed E-state index contributed by atoms with van der Waals surface area (Å²) in [6.07, 6.45) is 3.28. The van der Waals surface area contributed by atoms with E-state index >= 15 is 0 Å². The topological polar surface area (TPSA) is 51.7 Å². The molecule has 7 heteroatoms. The van der Waals surface area contributed by atoms with Gasteiger partial charge < -0.3 is 14.4 Å². The lowest BCUT2D eigenvalue weighted by molar-refractivity contribution is -0.120. The molecule has 1 spiro atoms. The van der Waals surface area contributed by atoms with Crippen molar-refractivity contribution in [2.45, 2.75) is 23.0 Å². The minimum Gasteiger partial charge on any atom is -0.490 e. The van der Waals surface area contributed by atoms with Crippen molar-refractivity contribution in [3.05, 3.63) is 58.6 Å². The number of carbonyl (C=O) groups excluding carboxylic acids is 1. The van der Waals surface area contributed by atoms with Gasteiger partial charge in [0.15, 0.2) is 0 Å². The molecule has 0 aliphatic carbocycles. The Kier molecular flexibility index (Phi) is 4.29. The number of anilines is 1. The fourth-order valence-corrected chi connectivity index (χ4v) is 5.57. The van der Waals surface area contributed by atoms with Crippen LogP contribution in [0.4, 0.5) is 5.69 Å². The number of allylic oxidation sites excluding steroid dienone is 1. The van der Waals surface area contributed by atoms with Crippen molar-refractivity contribution in [1.82, 2.24) is 4.98 Å². The average molecular weight is 415 g/mol. The van der Waals surface area contributed by atoms with E-state index in [9.17, 15) is 4.79 Å². The largest absolute Gasteiger partial charge is 0.490 e. The molecule has 3 aliphatic rings. The molecule has 2 atom stereocenters. The molecule has 5 rings (SSSR count). The number of para-hydroxylation sites is 1. The lowest BCUT2D eigenvalue weighted by Gasteiger charge is -2.39. The predicted octanol–water partition coefficient (Wildman–Crippen LogP) is 4.09. The Hall–Kier alpha value is -2.18. The van der Waals surface area contributed by atoms with Crippen LogP contribution in [-0.4, -0.2) is 35.9 Å². The van der Waals surface area contributed by atoms with Gasteiger partial charge in [0.2, 0.25) is 11.8 Å². The Morgan fingerprint density at radius 3 is 3.00 bits per heavy atom. The molecule has 1 aromatic carbocycles. The van der Waals surface area contributed by atoms with Gasteiger partial charge in [-0.15, -0.1) is 23.4 Å². The number of alkyl halides is 1. The first-order valence-corrected chi connectivity index (χ1v) is 10.5. The number of halogens is 1. The van der Waals surface area contributed by atoms with Crippen LogP contribution in [0, 0.1) is 0 Å². The second-order valence-electron chi connectivity index (χ2n) is 7.18. The number of nitrogens with zero attached hydrogens (tertiary/aromatic N) is 2. The lowest BCUT2D eigenvalue weighted by atomic mass is 9.72. The summed E-state index contributed by atoms with van der Waals surface area (Å²) in [7, 11) is 1.59. The number of hydrogen-bond donors (Lipinski definition) is 0. The average Bonchev–Trinajstić information content (AvgIpc) is 3.29. The van der Waals surface area contributed by atoms with Crippen LogP contribution in [0.1, 0.15) is 24.1 Å². The molecule has 0 radical (unpaired) electrons. The number of benzene rings is 1. The van der Waals surface area contributed by atoms with E-state index in [4.69, 9.17) is 21.1 Å². The number of rotatable bonds is 3. The van der Waals surface area contributed by atoms with Crippen LogP contribution < -0.4 is 14.4 Å². The van der Waals surface area contributed by atoms with Gasteiger partial charge in [0.1, 0.15) is 18.1 Å². The first-order valence-electron chi connectivity index (χ1n) is 9.19. The molecule has 144 valence electrons. The van der Waals surface area contributed by atoms with Crippen molar-refractivity contribution in [2.24, 2.45) is 0 Å². The highest BCUT2D eigenvalue weighted by molar-refractivity contribution is 8.05. The second-order valence-corrected chi connectivity index (χ2v) is 9.29. The maximum absolute atomic E-state index is 13.3. The zero-order chi connectivity index (χ0) is 19.3. The van der Waals surface area contributed by atoms with Gasteiger partial charge >= 0.3 is 0 Å². The fourth-order valence-electron chi connectivity index (χ4n) is 4.22. The summed E-state index contributed by atoms with van der Waals surface area (Å²) in [4.78, 5) is 21.0. The number of aromatic nitrogens is 1. The Bertz CT molecular complexity index is 995. The van der Waals surface area contributed by atoms with Crippen molar-refractivity contribution in [2.75, 3.05) is 25.2 Å². The normalized spacial score (nSPS) is 25.4. The van der Waals surface area contributed by atoms with Crippen molar-refractivity contribution >= 4 is 35.0 Å². The summed E-state index contributed by atoms with van der Waals surface area (Å²) in [5.74, 6) is 1.31. The highest BCUT2D eigenvalue weighted by Crippen LogP contribution is 2.51. The van der Waals surface area contributed by atoms with Gasteiger partial charge in [0.05, 0.1) is 23.8 Å². The summed E-state index contributed by atoms with van der Waals surface area (Å²) < 4.78 is 11.3. The van der Waals surface area contributed by atoms with Crippen molar-refractivity contribution in [3.63, 3.8) is 0 Å². The van der Waals surface area contributed by atoms with Crippen molar-refractivity contribution in [1.29, 1.82) is 0 Å². The van der Waals surface area contributed by atoms with Gasteiger partial charge in [-0.3, -0.25) is 4.79 Å². The number of pyridine rings is 1. The molecule has 2 unspecified atom stereocenters. The Morgan fingerprint density at radius 1 is 1.36 bits per heavy atom. The first kappa shape index (κ1) is 17.9. The molecule has 0 saturated heterocycles. The number of ether oxygens (including phenoxy) is 2. The van der Waals surface area contributed by atoms with E-state index < -0.39 is 5.41 Å². The minimum absolute atomic E-state index is 0.0586. The Labute approximate surface area is 172 Å². The number of hydrogen-bond acceptors (Lipinski definition) is 5. The summed E-state index contributed by atoms with van der Waals surface area (Å²) >= 11 is 7.85. The standard InChI is InChI=1S/C21H19ClN2O3S/c1-26-18-9-7-16-20(23-18)21(12-27-16)10-19(25)24(11-13-6-8-17(22)28-13)15-5-3-2-4-14(15)21/h2-7,9,17H,8,10-12H2,1H3. The molecule has 3 aliphatic heterocycles. The van der Waals surface area contributed by atoms with Crippen LogP contribution in [-0.2, 0) is 10.2 Å². The number of amides is 1. The Morgan fingerprint density at radius 2 is 2.21 bits per heavy atom. The molecule has 0 bridgehead atoms. The summed E-state index contributed by atoms with van der Waals surface area (Å²) in [6.45, 7) is 0.958. The van der Waals surface area contributed by atoms with Crippen LogP contribution in [0.5, 0.6) is 11.6 Å². The SMILES string of the molecule is COc1ccc2c(n1)C1(CO2)CC(=O)N(CC2=CCC(Cl)S2)c2ccccc21. The van der Waals surface area contributed by atoms with Crippen LogP contribution >= 0.6 is 23.4 Å². The number of fused-ring (bicyclic) bond motifs is 4. The molecule has 0 fully saturated rings. The second kappa shape index (κ2) is 6.71. The van der Waals surface area contributed by atoms with E-state index in [1.165, 1.54) is 0 Å². The molecule has 1 aromatic heterocycles. The van der Waals surface area contributed by atoms with Crippen LogP contribution in [0.3, 0.4) is 0 Å². The minimum atomic E-state index is -0.583. The van der Waals surface area contributed by atoms with E-state index in [1.54, 1.807) is 24.9 Å². The monoisotopic (exact) mass is 414 g/mol. The third-order valence-corrected chi connectivity index (χ3v) is 7.05. The molecular formula is C21H19ClN2O3S. The van der Waals surface area contributed by atoms with Gasteiger partial charge in [-0.25, -0.2) is 4.98 Å².